The van der Waals surface area contributed by atoms with Gasteiger partial charge in [0.2, 0.25) is 5.91 Å². The Bertz CT molecular complexity index is 1640. The summed E-state index contributed by atoms with van der Waals surface area (Å²) < 4.78 is 12.2. The van der Waals surface area contributed by atoms with Crippen LogP contribution in [0.15, 0.2) is 29.1 Å². The maximum absolute atomic E-state index is 13.3. The monoisotopic (exact) mass is 808 g/mol. The van der Waals surface area contributed by atoms with E-state index in [9.17, 15) is 14.4 Å². The van der Waals surface area contributed by atoms with Gasteiger partial charge in [0.1, 0.15) is 5.52 Å². The molecule has 3 aromatic rings. The number of imidazole rings is 1. The number of hydrogen-bond donors (Lipinski definition) is 2. The summed E-state index contributed by atoms with van der Waals surface area (Å²) >= 11 is 0. The number of aromatic nitrogens is 4. The van der Waals surface area contributed by atoms with Crippen LogP contribution in [-0.4, -0.2) is 94.2 Å². The summed E-state index contributed by atoms with van der Waals surface area (Å²) in [5.41, 5.74) is 1.92. The Morgan fingerprint density at radius 1 is 0.724 bits per heavy atom. The van der Waals surface area contributed by atoms with Crippen LogP contribution in [0.5, 0.6) is 6.01 Å². The molecular weight excluding hydrogens is 731 g/mol. The first-order chi connectivity index (χ1) is 28.3. The molecule has 0 aliphatic carbocycles. The van der Waals surface area contributed by atoms with Crippen molar-refractivity contribution in [2.75, 3.05) is 58.3 Å². The summed E-state index contributed by atoms with van der Waals surface area (Å²) in [4.78, 5) is 55.7. The summed E-state index contributed by atoms with van der Waals surface area (Å²) in [5.74, 6) is -0.255. The lowest BCUT2D eigenvalue weighted by atomic mass is 10.1. The molecule has 2 N–H and O–H groups in total. The van der Waals surface area contributed by atoms with Crippen LogP contribution in [0.1, 0.15) is 161 Å². The molecule has 326 valence electrons. The van der Waals surface area contributed by atoms with E-state index in [2.05, 4.69) is 57.8 Å². The number of fused-ring (bicyclic) bond motifs is 1. The second kappa shape index (κ2) is 29.4. The van der Waals surface area contributed by atoms with Gasteiger partial charge in [0.25, 0.3) is 0 Å². The number of esters is 1. The van der Waals surface area contributed by atoms with Gasteiger partial charge in [0, 0.05) is 6.42 Å². The molecular formula is C46H77N7O5. The zero-order valence-corrected chi connectivity index (χ0v) is 36.9. The first-order valence-corrected chi connectivity index (χ1v) is 22.8. The van der Waals surface area contributed by atoms with Crippen molar-refractivity contribution in [1.29, 1.82) is 0 Å². The van der Waals surface area contributed by atoms with E-state index in [0.29, 0.717) is 24.2 Å². The van der Waals surface area contributed by atoms with Crippen LogP contribution in [0.3, 0.4) is 0 Å². The summed E-state index contributed by atoms with van der Waals surface area (Å²) in [6, 6.07) is 7.56. The second-order valence-corrected chi connectivity index (χ2v) is 15.9. The Balaban J connectivity index is 1.57. The Morgan fingerprint density at radius 2 is 1.31 bits per heavy atom. The molecule has 12 nitrogen and oxygen atoms in total. The Morgan fingerprint density at radius 3 is 1.97 bits per heavy atom. The molecule has 0 radical (unpaired) electrons. The molecule has 58 heavy (non-hydrogen) atoms. The number of aromatic amines is 1. The quantitative estimate of drug-likeness (QED) is 0.0447. The normalized spacial score (nSPS) is 11.6. The van der Waals surface area contributed by atoms with Crippen molar-refractivity contribution in [3.05, 3.63) is 45.9 Å². The predicted molar refractivity (Wildman–Crippen MR) is 237 cm³/mol. The van der Waals surface area contributed by atoms with Gasteiger partial charge < -0.3 is 29.6 Å². The summed E-state index contributed by atoms with van der Waals surface area (Å²) in [7, 11) is 1.36. The third-order valence-corrected chi connectivity index (χ3v) is 10.9. The van der Waals surface area contributed by atoms with Crippen molar-refractivity contribution < 1.29 is 19.1 Å². The zero-order valence-electron chi connectivity index (χ0n) is 36.9. The second-order valence-electron chi connectivity index (χ2n) is 15.9. The summed E-state index contributed by atoms with van der Waals surface area (Å²) in [6.07, 6.45) is 22.1. The van der Waals surface area contributed by atoms with Crippen molar-refractivity contribution in [3.63, 3.8) is 0 Å². The molecule has 0 fully saturated rings. The number of unbranched alkanes of at least 4 members (excludes halogenated alkanes) is 13. The van der Waals surface area contributed by atoms with Gasteiger partial charge in [0.05, 0.1) is 26.7 Å². The van der Waals surface area contributed by atoms with Gasteiger partial charge in [-0.25, -0.2) is 4.79 Å². The zero-order chi connectivity index (χ0) is 41.8. The van der Waals surface area contributed by atoms with E-state index < -0.39 is 0 Å². The number of nitrogens with one attached hydrogen (secondary N) is 2. The molecule has 0 aliphatic heterocycles. The average molecular weight is 808 g/mol. The molecule has 2 aromatic heterocycles. The van der Waals surface area contributed by atoms with Gasteiger partial charge in [-0.1, -0.05) is 129 Å². The number of methoxy groups -OCH3 is 1. The molecule has 1 amide bonds. The minimum atomic E-state index is -0.380. The fourth-order valence-corrected chi connectivity index (χ4v) is 7.38. The van der Waals surface area contributed by atoms with Crippen molar-refractivity contribution >= 4 is 28.9 Å². The highest BCUT2D eigenvalue weighted by molar-refractivity contribution is 5.97. The molecule has 0 saturated heterocycles. The highest BCUT2D eigenvalue weighted by Gasteiger charge is 2.19. The van der Waals surface area contributed by atoms with Crippen LogP contribution in [0.4, 0.5) is 5.82 Å². The van der Waals surface area contributed by atoms with Crippen molar-refractivity contribution in [2.45, 2.75) is 163 Å². The highest BCUT2D eigenvalue weighted by Crippen LogP contribution is 2.22. The lowest BCUT2D eigenvalue weighted by molar-refractivity contribution is -0.139. The number of ether oxygens (including phenoxy) is 2. The lowest BCUT2D eigenvalue weighted by Crippen LogP contribution is -2.32. The number of hydrogen-bond acceptors (Lipinski definition) is 9. The topological polar surface area (TPSA) is 135 Å². The van der Waals surface area contributed by atoms with Crippen LogP contribution in [0.2, 0.25) is 0 Å². The fourth-order valence-electron chi connectivity index (χ4n) is 7.38. The third kappa shape index (κ3) is 18.9. The number of carbonyl (C=O) groups is 2. The van der Waals surface area contributed by atoms with E-state index in [4.69, 9.17) is 9.47 Å². The molecule has 0 bridgehead atoms. The SMILES string of the molecule is CCCCCCCCN(CC)CCCN(CCCCCCCC)CCCCCC(=O)Nc1nc(OCCCC)nc2c1[nH]c(=O)n2Cc1cccc(CC(=O)OC)c1. The van der Waals surface area contributed by atoms with E-state index in [1.54, 1.807) is 0 Å². The van der Waals surface area contributed by atoms with Gasteiger partial charge >= 0.3 is 17.7 Å². The van der Waals surface area contributed by atoms with E-state index in [1.165, 1.54) is 108 Å². The molecule has 0 saturated carbocycles. The smallest absolute Gasteiger partial charge is 0.328 e. The number of nitrogens with zero attached hydrogens (tertiary/aromatic N) is 5. The number of amides is 1. The van der Waals surface area contributed by atoms with Gasteiger partial charge in [0.15, 0.2) is 11.5 Å². The molecule has 0 unspecified atom stereocenters. The molecule has 2 heterocycles. The van der Waals surface area contributed by atoms with Crippen molar-refractivity contribution in [2.24, 2.45) is 0 Å². The lowest BCUT2D eigenvalue weighted by Gasteiger charge is -2.25. The fraction of sp³-hybridized carbons (Fsp3) is 0.717. The van der Waals surface area contributed by atoms with E-state index in [-0.39, 0.29) is 42.4 Å². The van der Waals surface area contributed by atoms with Gasteiger partial charge in [-0.2, -0.15) is 9.97 Å². The standard InChI is InChI=1S/C46H77N7O5/c1-6-10-13-15-17-21-29-51(9-4)32-25-33-52(30-22-18-16-14-11-7-2)31-23-19-20-28-40(54)47-43-42-44(50-45(49-43)58-34-12-8-3)53(46(56)48-42)37-39-27-24-26-38(35-39)36-41(55)57-5/h24,26-27,35H,6-23,25,28-34,36-37H2,1-5H3,(H,48,56)(H,47,49,50,54). The van der Waals surface area contributed by atoms with Crippen molar-refractivity contribution in [1.82, 2.24) is 29.3 Å². The van der Waals surface area contributed by atoms with Crippen LogP contribution >= 0.6 is 0 Å². The molecule has 0 aliphatic rings. The van der Waals surface area contributed by atoms with Crippen LogP contribution in [0, 0.1) is 0 Å². The predicted octanol–water partition coefficient (Wildman–Crippen LogP) is 9.30. The largest absolute Gasteiger partial charge is 0.469 e. The number of H-pyrrole nitrogens is 1. The summed E-state index contributed by atoms with van der Waals surface area (Å²) in [6.45, 7) is 16.4. The number of carbonyl (C=O) groups excluding carboxylic acids is 2. The summed E-state index contributed by atoms with van der Waals surface area (Å²) in [5, 5.41) is 2.96. The van der Waals surface area contributed by atoms with Crippen LogP contribution in [0.25, 0.3) is 11.2 Å². The number of anilines is 1. The minimum absolute atomic E-state index is 0.110. The van der Waals surface area contributed by atoms with E-state index in [1.807, 2.05) is 24.3 Å². The van der Waals surface area contributed by atoms with Gasteiger partial charge in [-0.3, -0.25) is 14.2 Å². The molecule has 12 heteroatoms. The maximum Gasteiger partial charge on any atom is 0.328 e. The Hall–Kier alpha value is -3.77. The van der Waals surface area contributed by atoms with Gasteiger partial charge in [-0.15, -0.1) is 0 Å². The maximum atomic E-state index is 13.3. The van der Waals surface area contributed by atoms with Crippen LogP contribution in [-0.2, 0) is 27.3 Å². The first kappa shape index (κ1) is 48.6. The molecule has 0 atom stereocenters. The van der Waals surface area contributed by atoms with E-state index in [0.717, 1.165) is 69.4 Å². The van der Waals surface area contributed by atoms with Crippen LogP contribution < -0.4 is 15.7 Å². The molecule has 3 rings (SSSR count). The van der Waals surface area contributed by atoms with Crippen molar-refractivity contribution in [3.8, 4) is 6.01 Å². The Kier molecular flexibility index (Phi) is 24.7. The number of benzene rings is 1. The highest BCUT2D eigenvalue weighted by atomic mass is 16.5. The first-order valence-electron chi connectivity index (χ1n) is 22.8. The third-order valence-electron chi connectivity index (χ3n) is 10.9. The van der Waals surface area contributed by atoms with Gasteiger partial charge in [-0.05, 0) is 88.9 Å². The molecule has 0 spiro atoms. The Labute approximate surface area is 349 Å². The number of rotatable bonds is 34. The minimum Gasteiger partial charge on any atom is -0.469 e. The average Bonchev–Trinajstić information content (AvgIpc) is 3.53. The molecule has 1 aromatic carbocycles. The van der Waals surface area contributed by atoms with E-state index >= 15 is 0 Å².